The van der Waals surface area contributed by atoms with Gasteiger partial charge in [-0.3, -0.25) is 20.1 Å². The van der Waals surface area contributed by atoms with E-state index in [-0.39, 0.29) is 5.91 Å². The lowest BCUT2D eigenvalue weighted by Crippen LogP contribution is -2.49. The number of urea groups is 1. The minimum Gasteiger partial charge on any atom is -0.278 e. The standard InChI is InChI=1S/C14H16N4O2/c1-8(2)9-4-3-5-10-12(9)16-17-13(10)18-7-6-11(19)15-14(18)20/h3-5,8H,6-7H2,1-2H3,(H,16,17)(H,15,19,20). The smallest absolute Gasteiger partial charge is 0.278 e. The van der Waals surface area contributed by atoms with Crippen molar-refractivity contribution >= 4 is 28.7 Å². The number of benzene rings is 1. The third kappa shape index (κ3) is 1.93. The lowest BCUT2D eigenvalue weighted by atomic mass is 10.0. The van der Waals surface area contributed by atoms with Gasteiger partial charge < -0.3 is 0 Å². The number of fused-ring (bicyclic) bond motifs is 1. The number of H-pyrrole nitrogens is 1. The number of aromatic nitrogens is 2. The molecule has 3 rings (SSSR count). The number of amides is 3. The van der Waals surface area contributed by atoms with Crippen LogP contribution in [0.5, 0.6) is 0 Å². The normalized spacial score (nSPS) is 16.1. The first-order chi connectivity index (χ1) is 9.58. The fourth-order valence-electron chi connectivity index (χ4n) is 2.50. The Labute approximate surface area is 116 Å². The van der Waals surface area contributed by atoms with Crippen LogP contribution in [-0.4, -0.2) is 28.7 Å². The number of aromatic amines is 1. The van der Waals surface area contributed by atoms with Crippen molar-refractivity contribution in [3.05, 3.63) is 23.8 Å². The fraction of sp³-hybridized carbons (Fsp3) is 0.357. The van der Waals surface area contributed by atoms with E-state index in [9.17, 15) is 9.59 Å². The zero-order valence-corrected chi connectivity index (χ0v) is 11.4. The van der Waals surface area contributed by atoms with E-state index in [1.54, 1.807) is 0 Å². The molecule has 0 radical (unpaired) electrons. The number of carbonyl (C=O) groups is 2. The van der Waals surface area contributed by atoms with Crippen molar-refractivity contribution in [3.63, 3.8) is 0 Å². The predicted molar refractivity (Wildman–Crippen MR) is 75.7 cm³/mol. The van der Waals surface area contributed by atoms with E-state index < -0.39 is 6.03 Å². The van der Waals surface area contributed by atoms with Gasteiger partial charge in [0.2, 0.25) is 5.91 Å². The summed E-state index contributed by atoms with van der Waals surface area (Å²) in [6, 6.07) is 5.53. The second kappa shape index (κ2) is 4.63. The summed E-state index contributed by atoms with van der Waals surface area (Å²) in [5.74, 6) is 0.699. The van der Waals surface area contributed by atoms with Gasteiger partial charge in [0, 0.05) is 18.4 Å². The fourth-order valence-corrected chi connectivity index (χ4v) is 2.50. The van der Waals surface area contributed by atoms with Crippen LogP contribution in [0.4, 0.5) is 10.6 Å². The molecule has 2 heterocycles. The third-order valence-corrected chi connectivity index (χ3v) is 3.54. The summed E-state index contributed by atoms with van der Waals surface area (Å²) < 4.78 is 0. The van der Waals surface area contributed by atoms with Gasteiger partial charge in [-0.2, -0.15) is 5.10 Å². The summed E-state index contributed by atoms with van der Waals surface area (Å²) in [5, 5.41) is 10.5. The van der Waals surface area contributed by atoms with Gasteiger partial charge >= 0.3 is 6.03 Å². The Morgan fingerprint density at radius 2 is 2.10 bits per heavy atom. The SMILES string of the molecule is CC(C)c1cccc2c(N3CCC(=O)NC3=O)n[nH]c12. The van der Waals surface area contributed by atoms with Crippen LogP contribution in [0.1, 0.15) is 31.7 Å². The van der Waals surface area contributed by atoms with Gasteiger partial charge in [0.1, 0.15) is 0 Å². The van der Waals surface area contributed by atoms with Gasteiger partial charge in [-0.25, -0.2) is 4.79 Å². The number of rotatable bonds is 2. The van der Waals surface area contributed by atoms with Crippen molar-refractivity contribution in [2.75, 3.05) is 11.4 Å². The quantitative estimate of drug-likeness (QED) is 0.879. The second-order valence-electron chi connectivity index (χ2n) is 5.23. The molecule has 104 valence electrons. The van der Waals surface area contributed by atoms with Gasteiger partial charge in [0.15, 0.2) is 5.82 Å². The van der Waals surface area contributed by atoms with Crippen molar-refractivity contribution in [1.82, 2.24) is 15.5 Å². The highest BCUT2D eigenvalue weighted by Crippen LogP contribution is 2.30. The summed E-state index contributed by atoms with van der Waals surface area (Å²) >= 11 is 0. The molecule has 1 fully saturated rings. The van der Waals surface area contributed by atoms with Crippen LogP contribution in [0.15, 0.2) is 18.2 Å². The van der Waals surface area contributed by atoms with Crippen LogP contribution in [0.3, 0.4) is 0 Å². The highest BCUT2D eigenvalue weighted by Gasteiger charge is 2.27. The molecule has 20 heavy (non-hydrogen) atoms. The van der Waals surface area contributed by atoms with Crippen molar-refractivity contribution < 1.29 is 9.59 Å². The Balaban J connectivity index is 2.07. The second-order valence-corrected chi connectivity index (χ2v) is 5.23. The van der Waals surface area contributed by atoms with E-state index in [1.165, 1.54) is 4.90 Å². The number of nitrogens with zero attached hydrogens (tertiary/aromatic N) is 2. The molecule has 1 aliphatic heterocycles. The molecule has 0 saturated carbocycles. The number of anilines is 1. The van der Waals surface area contributed by atoms with E-state index in [0.29, 0.717) is 24.7 Å². The van der Waals surface area contributed by atoms with Gasteiger partial charge in [-0.1, -0.05) is 26.0 Å². The van der Waals surface area contributed by atoms with Crippen LogP contribution in [0.25, 0.3) is 10.9 Å². The predicted octanol–water partition coefficient (Wildman–Crippen LogP) is 2.13. The topological polar surface area (TPSA) is 78.1 Å². The maximum Gasteiger partial charge on any atom is 0.329 e. The maximum absolute atomic E-state index is 11.9. The summed E-state index contributed by atoms with van der Waals surface area (Å²) in [6.45, 7) is 4.58. The van der Waals surface area contributed by atoms with E-state index in [0.717, 1.165) is 16.5 Å². The van der Waals surface area contributed by atoms with Gasteiger partial charge in [-0.05, 0) is 17.5 Å². The highest BCUT2D eigenvalue weighted by atomic mass is 16.2. The molecule has 1 saturated heterocycles. The first kappa shape index (κ1) is 12.7. The van der Waals surface area contributed by atoms with Crippen molar-refractivity contribution in [3.8, 4) is 0 Å². The average molecular weight is 272 g/mol. The first-order valence-electron chi connectivity index (χ1n) is 6.66. The molecular weight excluding hydrogens is 256 g/mol. The minimum atomic E-state index is -0.412. The summed E-state index contributed by atoms with van der Waals surface area (Å²) in [4.78, 5) is 24.6. The Morgan fingerprint density at radius 1 is 1.30 bits per heavy atom. The lowest BCUT2D eigenvalue weighted by Gasteiger charge is -2.24. The van der Waals surface area contributed by atoms with Gasteiger partial charge in [0.05, 0.1) is 5.52 Å². The molecule has 6 heteroatoms. The number of hydrogen-bond donors (Lipinski definition) is 2. The number of imide groups is 1. The number of hydrogen-bond acceptors (Lipinski definition) is 3. The summed E-state index contributed by atoms with van der Waals surface area (Å²) in [6.07, 6.45) is 0.296. The number of carbonyl (C=O) groups excluding carboxylic acids is 2. The minimum absolute atomic E-state index is 0.242. The maximum atomic E-state index is 11.9. The molecule has 0 unspecified atom stereocenters. The highest BCUT2D eigenvalue weighted by molar-refractivity contribution is 6.09. The van der Waals surface area contributed by atoms with Crippen molar-refractivity contribution in [1.29, 1.82) is 0 Å². The Bertz CT molecular complexity index is 690. The number of para-hydroxylation sites is 1. The van der Waals surface area contributed by atoms with Crippen molar-refractivity contribution in [2.24, 2.45) is 0 Å². The summed E-state index contributed by atoms with van der Waals surface area (Å²) in [7, 11) is 0. The Morgan fingerprint density at radius 3 is 2.80 bits per heavy atom. The molecule has 1 aromatic carbocycles. The molecular formula is C14H16N4O2. The van der Waals surface area contributed by atoms with Crippen LogP contribution in [0, 0.1) is 0 Å². The number of nitrogens with one attached hydrogen (secondary N) is 2. The van der Waals surface area contributed by atoms with Crippen LogP contribution in [0.2, 0.25) is 0 Å². The molecule has 3 amide bonds. The zero-order chi connectivity index (χ0) is 14.3. The molecule has 6 nitrogen and oxygen atoms in total. The third-order valence-electron chi connectivity index (χ3n) is 3.54. The van der Waals surface area contributed by atoms with E-state index in [4.69, 9.17) is 0 Å². The van der Waals surface area contributed by atoms with E-state index >= 15 is 0 Å². The molecule has 0 spiro atoms. The van der Waals surface area contributed by atoms with Crippen LogP contribution < -0.4 is 10.2 Å². The molecule has 1 aliphatic rings. The summed E-state index contributed by atoms with van der Waals surface area (Å²) in [5.41, 5.74) is 2.11. The zero-order valence-electron chi connectivity index (χ0n) is 11.4. The van der Waals surface area contributed by atoms with E-state index in [1.807, 2.05) is 12.1 Å². The van der Waals surface area contributed by atoms with Gasteiger partial charge in [-0.15, -0.1) is 0 Å². The molecule has 2 aromatic rings. The van der Waals surface area contributed by atoms with E-state index in [2.05, 4.69) is 35.4 Å². The van der Waals surface area contributed by atoms with Crippen molar-refractivity contribution in [2.45, 2.75) is 26.2 Å². The molecule has 0 bridgehead atoms. The molecule has 2 N–H and O–H groups in total. The lowest BCUT2D eigenvalue weighted by molar-refractivity contribution is -0.120. The monoisotopic (exact) mass is 272 g/mol. The first-order valence-corrected chi connectivity index (χ1v) is 6.66. The molecule has 0 atom stereocenters. The molecule has 1 aromatic heterocycles. The largest absolute Gasteiger partial charge is 0.329 e. The Hall–Kier alpha value is -2.37. The molecule has 0 aliphatic carbocycles. The average Bonchev–Trinajstić information content (AvgIpc) is 2.82. The van der Waals surface area contributed by atoms with Gasteiger partial charge in [0.25, 0.3) is 0 Å². The Kier molecular flexibility index (Phi) is 2.93. The van der Waals surface area contributed by atoms with Crippen LogP contribution in [-0.2, 0) is 4.79 Å². The van der Waals surface area contributed by atoms with Crippen LogP contribution >= 0.6 is 0 Å².